The molecule has 1 aromatic carbocycles. The van der Waals surface area contributed by atoms with Crippen LogP contribution in [0.4, 0.5) is 5.69 Å². The number of ether oxygens (including phenoxy) is 1. The second kappa shape index (κ2) is 6.35. The highest BCUT2D eigenvalue weighted by atomic mass is 16.5. The molecule has 1 aliphatic heterocycles. The minimum atomic E-state index is -0.616. The summed E-state index contributed by atoms with van der Waals surface area (Å²) in [5, 5.41) is 4.41. The van der Waals surface area contributed by atoms with E-state index in [0.717, 1.165) is 28.2 Å². The Kier molecular flexibility index (Phi) is 4.37. The Morgan fingerprint density at radius 1 is 1.28 bits per heavy atom. The highest BCUT2D eigenvalue weighted by molar-refractivity contribution is 6.05. The van der Waals surface area contributed by atoms with Gasteiger partial charge in [0.25, 0.3) is 0 Å². The van der Waals surface area contributed by atoms with E-state index in [1.54, 1.807) is 9.58 Å². The van der Waals surface area contributed by atoms with E-state index in [4.69, 9.17) is 4.74 Å². The number of methoxy groups -OCH3 is 1. The van der Waals surface area contributed by atoms with E-state index >= 15 is 0 Å². The molecule has 0 spiro atoms. The summed E-state index contributed by atoms with van der Waals surface area (Å²) in [5.74, 6) is -0.900. The van der Waals surface area contributed by atoms with Crippen LogP contribution >= 0.6 is 0 Å². The largest absolute Gasteiger partial charge is 0.467 e. The minimum absolute atomic E-state index is 0.112. The van der Waals surface area contributed by atoms with Gasteiger partial charge in [0.05, 0.1) is 18.7 Å². The molecule has 0 saturated carbocycles. The molecule has 6 nitrogen and oxygen atoms in total. The number of hydrogen-bond acceptors (Lipinski definition) is 4. The van der Waals surface area contributed by atoms with Crippen molar-refractivity contribution in [2.75, 3.05) is 12.0 Å². The Balaban J connectivity index is 2.02. The second-order valence-corrected chi connectivity index (χ2v) is 6.51. The summed E-state index contributed by atoms with van der Waals surface area (Å²) in [6.07, 6.45) is 0.478. The van der Waals surface area contributed by atoms with Crippen molar-refractivity contribution in [3.63, 3.8) is 0 Å². The fourth-order valence-electron chi connectivity index (χ4n) is 3.73. The van der Waals surface area contributed by atoms with Gasteiger partial charge in [0.2, 0.25) is 5.91 Å². The van der Waals surface area contributed by atoms with E-state index in [9.17, 15) is 9.59 Å². The van der Waals surface area contributed by atoms with Gasteiger partial charge in [-0.05, 0) is 32.4 Å². The molecule has 0 N–H and O–H groups in total. The van der Waals surface area contributed by atoms with Crippen LogP contribution in [-0.2, 0) is 27.8 Å². The minimum Gasteiger partial charge on any atom is -0.467 e. The molecule has 0 fully saturated rings. The molecule has 2 aromatic rings. The van der Waals surface area contributed by atoms with Crippen LogP contribution in [0, 0.1) is 13.8 Å². The Morgan fingerprint density at radius 2 is 1.96 bits per heavy atom. The summed E-state index contributed by atoms with van der Waals surface area (Å²) in [5.41, 5.74) is 4.48. The predicted octanol–water partition coefficient (Wildman–Crippen LogP) is 2.27. The Bertz CT molecular complexity index is 840. The Labute approximate surface area is 147 Å². The monoisotopic (exact) mass is 341 g/mol. The molecule has 6 heteroatoms. The van der Waals surface area contributed by atoms with Crippen molar-refractivity contribution in [3.05, 3.63) is 46.8 Å². The van der Waals surface area contributed by atoms with Gasteiger partial charge in [-0.1, -0.05) is 18.2 Å². The van der Waals surface area contributed by atoms with Crippen LogP contribution in [-0.4, -0.2) is 34.8 Å². The van der Waals surface area contributed by atoms with Crippen LogP contribution in [0.25, 0.3) is 0 Å². The van der Waals surface area contributed by atoms with Crippen molar-refractivity contribution < 1.29 is 14.3 Å². The molecule has 3 rings (SSSR count). The molecule has 0 bridgehead atoms. The highest BCUT2D eigenvalue weighted by Crippen LogP contribution is 2.36. The maximum atomic E-state index is 13.3. The summed E-state index contributed by atoms with van der Waals surface area (Å²) < 4.78 is 6.72. The number of anilines is 1. The van der Waals surface area contributed by atoms with Gasteiger partial charge in [0.15, 0.2) is 0 Å². The standard InChI is InChI=1S/C19H23N3O3/c1-11(17-12(2)20-21(4)13(17)3)18(23)22-15-9-7-6-8-14(15)10-16(22)19(24)25-5/h6-9,11,16H,10H2,1-5H3/t11-,16-/m0/s1. The number of rotatable bonds is 3. The molecule has 25 heavy (non-hydrogen) atoms. The number of amides is 1. The smallest absolute Gasteiger partial charge is 0.329 e. The summed E-state index contributed by atoms with van der Waals surface area (Å²) in [4.78, 5) is 27.2. The molecule has 1 amide bonds. The van der Waals surface area contributed by atoms with Crippen molar-refractivity contribution in [2.45, 2.75) is 39.2 Å². The van der Waals surface area contributed by atoms with Gasteiger partial charge < -0.3 is 4.74 Å². The molecular weight excluding hydrogens is 318 g/mol. The second-order valence-electron chi connectivity index (χ2n) is 6.51. The van der Waals surface area contributed by atoms with Crippen LogP contribution in [0.2, 0.25) is 0 Å². The number of benzene rings is 1. The molecule has 2 atom stereocenters. The topological polar surface area (TPSA) is 64.4 Å². The van der Waals surface area contributed by atoms with E-state index in [2.05, 4.69) is 5.10 Å². The SMILES string of the molecule is COC(=O)[C@@H]1Cc2ccccc2N1C(=O)[C@@H](C)c1c(C)nn(C)c1C. The predicted molar refractivity (Wildman–Crippen MR) is 94.5 cm³/mol. The van der Waals surface area contributed by atoms with Crippen molar-refractivity contribution in [1.29, 1.82) is 0 Å². The maximum absolute atomic E-state index is 13.3. The van der Waals surface area contributed by atoms with Crippen molar-refractivity contribution in [2.24, 2.45) is 7.05 Å². The van der Waals surface area contributed by atoms with E-state index < -0.39 is 17.9 Å². The molecule has 2 heterocycles. The quantitative estimate of drug-likeness (QED) is 0.804. The lowest BCUT2D eigenvalue weighted by Crippen LogP contribution is -2.45. The molecule has 0 unspecified atom stereocenters. The van der Waals surface area contributed by atoms with Crippen LogP contribution in [0.1, 0.15) is 35.4 Å². The number of carbonyl (C=O) groups excluding carboxylic acids is 2. The Hall–Kier alpha value is -2.63. The van der Waals surface area contributed by atoms with E-state index in [0.29, 0.717) is 6.42 Å². The highest BCUT2D eigenvalue weighted by Gasteiger charge is 2.41. The average molecular weight is 341 g/mol. The van der Waals surface area contributed by atoms with Crippen molar-refractivity contribution in [1.82, 2.24) is 9.78 Å². The first-order chi connectivity index (χ1) is 11.9. The maximum Gasteiger partial charge on any atom is 0.329 e. The first-order valence-electron chi connectivity index (χ1n) is 8.35. The van der Waals surface area contributed by atoms with Gasteiger partial charge in [0.1, 0.15) is 6.04 Å². The van der Waals surface area contributed by atoms with Crippen LogP contribution in [0.15, 0.2) is 24.3 Å². The summed E-state index contributed by atoms with van der Waals surface area (Å²) in [7, 11) is 3.22. The lowest BCUT2D eigenvalue weighted by molar-refractivity contribution is -0.143. The number of esters is 1. The number of nitrogens with zero attached hydrogens (tertiary/aromatic N) is 3. The summed E-state index contributed by atoms with van der Waals surface area (Å²) >= 11 is 0. The van der Waals surface area contributed by atoms with Gasteiger partial charge >= 0.3 is 5.97 Å². The number of aromatic nitrogens is 2. The van der Waals surface area contributed by atoms with Crippen LogP contribution < -0.4 is 4.90 Å². The van der Waals surface area contributed by atoms with Gasteiger partial charge in [-0.3, -0.25) is 14.4 Å². The lowest BCUT2D eigenvalue weighted by Gasteiger charge is -2.27. The molecular formula is C19H23N3O3. The third kappa shape index (κ3) is 2.71. The molecule has 1 aliphatic rings. The third-order valence-corrected chi connectivity index (χ3v) is 5.06. The number of carbonyl (C=O) groups is 2. The van der Waals surface area contributed by atoms with E-state index in [1.807, 2.05) is 52.1 Å². The Morgan fingerprint density at radius 3 is 2.56 bits per heavy atom. The normalized spacial score (nSPS) is 17.3. The van der Waals surface area contributed by atoms with Crippen molar-refractivity contribution >= 4 is 17.6 Å². The van der Waals surface area contributed by atoms with Crippen molar-refractivity contribution in [3.8, 4) is 0 Å². The summed E-state index contributed by atoms with van der Waals surface area (Å²) in [6, 6.07) is 7.01. The fraction of sp³-hybridized carbons (Fsp3) is 0.421. The summed E-state index contributed by atoms with van der Waals surface area (Å²) in [6.45, 7) is 5.73. The van der Waals surface area contributed by atoms with Crippen LogP contribution in [0.5, 0.6) is 0 Å². The molecule has 0 saturated heterocycles. The first-order valence-corrected chi connectivity index (χ1v) is 8.35. The van der Waals surface area contributed by atoms with Gasteiger partial charge in [-0.2, -0.15) is 5.10 Å². The third-order valence-electron chi connectivity index (χ3n) is 5.06. The number of hydrogen-bond donors (Lipinski definition) is 0. The zero-order chi connectivity index (χ0) is 18.3. The number of aryl methyl sites for hydroxylation is 2. The van der Waals surface area contributed by atoms with E-state index in [1.165, 1.54) is 7.11 Å². The van der Waals surface area contributed by atoms with Crippen LogP contribution in [0.3, 0.4) is 0 Å². The van der Waals surface area contributed by atoms with E-state index in [-0.39, 0.29) is 5.91 Å². The molecule has 0 aliphatic carbocycles. The zero-order valence-corrected chi connectivity index (χ0v) is 15.2. The lowest BCUT2D eigenvalue weighted by atomic mass is 9.97. The average Bonchev–Trinajstić information content (AvgIpc) is 3.10. The van der Waals surface area contributed by atoms with Gasteiger partial charge in [-0.25, -0.2) is 4.79 Å². The number of para-hydroxylation sites is 1. The molecule has 1 aromatic heterocycles. The molecule has 0 radical (unpaired) electrons. The zero-order valence-electron chi connectivity index (χ0n) is 15.2. The number of fused-ring (bicyclic) bond motifs is 1. The fourth-order valence-corrected chi connectivity index (χ4v) is 3.73. The first kappa shape index (κ1) is 17.2. The van der Waals surface area contributed by atoms with Gasteiger partial charge in [0, 0.05) is 30.4 Å². The molecule has 132 valence electrons. The van der Waals surface area contributed by atoms with Gasteiger partial charge in [-0.15, -0.1) is 0 Å².